The summed E-state index contributed by atoms with van der Waals surface area (Å²) in [4.78, 5) is 2.19. The predicted molar refractivity (Wildman–Crippen MR) is 107 cm³/mol. The van der Waals surface area contributed by atoms with Gasteiger partial charge >= 0.3 is 0 Å². The van der Waals surface area contributed by atoms with Crippen molar-refractivity contribution in [2.24, 2.45) is 0 Å². The predicted octanol–water partition coefficient (Wildman–Crippen LogP) is 2.35. The molecule has 1 heterocycles. The Morgan fingerprint density at radius 2 is 1.96 bits per heavy atom. The number of ether oxygens (including phenoxy) is 4. The number of nitrogens with zero attached hydrogens (tertiary/aromatic N) is 1. The summed E-state index contributed by atoms with van der Waals surface area (Å²) in [5, 5.41) is 10.3. The molecule has 1 aliphatic rings. The summed E-state index contributed by atoms with van der Waals surface area (Å²) in [6.45, 7) is 4.00. The van der Waals surface area contributed by atoms with E-state index in [0.717, 1.165) is 30.2 Å². The van der Waals surface area contributed by atoms with Gasteiger partial charge in [-0.3, -0.25) is 4.90 Å². The van der Waals surface area contributed by atoms with Gasteiger partial charge in [0.15, 0.2) is 0 Å². The number of hydrogen-bond donors (Lipinski definition) is 1. The average molecular weight is 387 g/mol. The molecule has 1 saturated heterocycles. The monoisotopic (exact) mass is 387 g/mol. The molecule has 2 aromatic carbocycles. The van der Waals surface area contributed by atoms with Gasteiger partial charge < -0.3 is 24.1 Å². The van der Waals surface area contributed by atoms with Crippen molar-refractivity contribution in [1.82, 2.24) is 4.90 Å². The van der Waals surface area contributed by atoms with Crippen molar-refractivity contribution in [3.63, 3.8) is 0 Å². The lowest BCUT2D eigenvalue weighted by Gasteiger charge is -2.33. The number of rotatable bonds is 10. The lowest BCUT2D eigenvalue weighted by atomic mass is 10.2. The van der Waals surface area contributed by atoms with Crippen LogP contribution in [0.15, 0.2) is 54.6 Å². The number of aliphatic hydroxyl groups excluding tert-OH is 1. The topological polar surface area (TPSA) is 60.4 Å². The zero-order valence-corrected chi connectivity index (χ0v) is 16.3. The van der Waals surface area contributed by atoms with Crippen molar-refractivity contribution >= 4 is 0 Å². The highest BCUT2D eigenvalue weighted by Crippen LogP contribution is 2.19. The van der Waals surface area contributed by atoms with Gasteiger partial charge in [-0.15, -0.1) is 0 Å². The van der Waals surface area contributed by atoms with Crippen LogP contribution in [0, 0.1) is 0 Å². The highest BCUT2D eigenvalue weighted by Gasteiger charge is 2.23. The molecule has 1 aliphatic heterocycles. The van der Waals surface area contributed by atoms with Crippen LogP contribution in [0.3, 0.4) is 0 Å². The third-order valence-electron chi connectivity index (χ3n) is 4.59. The second kappa shape index (κ2) is 11.0. The van der Waals surface area contributed by atoms with Crippen LogP contribution < -0.4 is 9.47 Å². The zero-order chi connectivity index (χ0) is 19.6. The molecular formula is C22H29NO5. The van der Waals surface area contributed by atoms with E-state index < -0.39 is 6.10 Å². The Bertz CT molecular complexity index is 696. The van der Waals surface area contributed by atoms with Crippen molar-refractivity contribution in [1.29, 1.82) is 0 Å². The van der Waals surface area contributed by atoms with Crippen molar-refractivity contribution in [2.45, 2.75) is 18.8 Å². The molecule has 1 N–H and O–H groups in total. The molecule has 0 bridgehead atoms. The smallest absolute Gasteiger partial charge is 0.123 e. The highest BCUT2D eigenvalue weighted by atomic mass is 16.5. The summed E-state index contributed by atoms with van der Waals surface area (Å²) < 4.78 is 22.5. The Morgan fingerprint density at radius 3 is 2.79 bits per heavy atom. The second-order valence-electron chi connectivity index (χ2n) is 6.90. The zero-order valence-electron chi connectivity index (χ0n) is 16.3. The molecular weight excluding hydrogens is 358 g/mol. The Balaban J connectivity index is 1.36. The fourth-order valence-corrected chi connectivity index (χ4v) is 3.17. The molecule has 6 nitrogen and oxygen atoms in total. The van der Waals surface area contributed by atoms with E-state index in [2.05, 4.69) is 4.90 Å². The summed E-state index contributed by atoms with van der Waals surface area (Å²) in [5.74, 6) is 1.52. The standard InChI is InChI=1S/C22H29NO5/c1-25-20-8-5-9-21(12-20)28-17-22-14-23(10-11-27-22)13-19(24)16-26-15-18-6-3-2-4-7-18/h2-9,12,19,22,24H,10-11,13-17H2,1H3/t19-,22+/m1/s1. The van der Waals surface area contributed by atoms with Crippen LogP contribution in [0.25, 0.3) is 0 Å². The van der Waals surface area contributed by atoms with E-state index in [9.17, 15) is 5.11 Å². The van der Waals surface area contributed by atoms with E-state index in [1.54, 1.807) is 7.11 Å². The van der Waals surface area contributed by atoms with Gasteiger partial charge in [0, 0.05) is 25.7 Å². The first-order chi connectivity index (χ1) is 13.7. The second-order valence-corrected chi connectivity index (χ2v) is 6.90. The number of morpholine rings is 1. The van der Waals surface area contributed by atoms with Gasteiger partial charge in [0.1, 0.15) is 24.2 Å². The van der Waals surface area contributed by atoms with Crippen LogP contribution in [0.5, 0.6) is 11.5 Å². The minimum absolute atomic E-state index is 0.0302. The van der Waals surface area contributed by atoms with Crippen LogP contribution >= 0.6 is 0 Å². The number of benzene rings is 2. The molecule has 0 amide bonds. The Labute approximate surface area is 166 Å². The van der Waals surface area contributed by atoms with Gasteiger partial charge in [-0.2, -0.15) is 0 Å². The van der Waals surface area contributed by atoms with E-state index in [1.165, 1.54) is 0 Å². The average Bonchev–Trinajstić information content (AvgIpc) is 2.73. The Morgan fingerprint density at radius 1 is 1.14 bits per heavy atom. The maximum atomic E-state index is 10.3. The van der Waals surface area contributed by atoms with Gasteiger partial charge in [0.05, 0.1) is 33.0 Å². The number of aliphatic hydroxyl groups is 1. The molecule has 0 radical (unpaired) electrons. The number of methoxy groups -OCH3 is 1. The Kier molecular flexibility index (Phi) is 8.11. The lowest BCUT2D eigenvalue weighted by Crippen LogP contribution is -2.48. The minimum Gasteiger partial charge on any atom is -0.497 e. The molecule has 2 atom stereocenters. The van der Waals surface area contributed by atoms with Crippen LogP contribution in [-0.2, 0) is 16.1 Å². The van der Waals surface area contributed by atoms with Crippen molar-refractivity contribution < 1.29 is 24.1 Å². The summed E-state index contributed by atoms with van der Waals surface area (Å²) in [5.41, 5.74) is 1.11. The molecule has 0 spiro atoms. The molecule has 6 heteroatoms. The fraction of sp³-hybridized carbons (Fsp3) is 0.455. The maximum Gasteiger partial charge on any atom is 0.123 e. The summed E-state index contributed by atoms with van der Waals surface area (Å²) in [6, 6.07) is 17.5. The van der Waals surface area contributed by atoms with Crippen LogP contribution in [-0.4, -0.2) is 68.8 Å². The largest absolute Gasteiger partial charge is 0.497 e. The number of β-amino-alcohol motifs (C(OH)–C–C–N with tert-alkyl or cyclic N) is 1. The summed E-state index contributed by atoms with van der Waals surface area (Å²) in [7, 11) is 1.64. The van der Waals surface area contributed by atoms with Crippen molar-refractivity contribution in [2.75, 3.05) is 46.6 Å². The molecule has 0 unspecified atom stereocenters. The van der Waals surface area contributed by atoms with E-state index in [-0.39, 0.29) is 6.10 Å². The van der Waals surface area contributed by atoms with Crippen molar-refractivity contribution in [3.05, 3.63) is 60.2 Å². The van der Waals surface area contributed by atoms with E-state index in [1.807, 2.05) is 54.6 Å². The molecule has 3 rings (SSSR count). The molecule has 1 fully saturated rings. The van der Waals surface area contributed by atoms with Crippen molar-refractivity contribution in [3.8, 4) is 11.5 Å². The lowest BCUT2D eigenvalue weighted by molar-refractivity contribution is -0.0654. The fourth-order valence-electron chi connectivity index (χ4n) is 3.17. The van der Waals surface area contributed by atoms with Gasteiger partial charge in [-0.1, -0.05) is 36.4 Å². The molecule has 0 aliphatic carbocycles. The van der Waals surface area contributed by atoms with E-state index in [4.69, 9.17) is 18.9 Å². The molecule has 2 aromatic rings. The van der Waals surface area contributed by atoms with Crippen LogP contribution in [0.4, 0.5) is 0 Å². The third-order valence-corrected chi connectivity index (χ3v) is 4.59. The first-order valence-electron chi connectivity index (χ1n) is 9.63. The third kappa shape index (κ3) is 6.80. The van der Waals surface area contributed by atoms with Gasteiger partial charge in [-0.05, 0) is 17.7 Å². The first-order valence-corrected chi connectivity index (χ1v) is 9.63. The molecule has 152 valence electrons. The van der Waals surface area contributed by atoms with Crippen LogP contribution in [0.2, 0.25) is 0 Å². The normalized spacial score (nSPS) is 18.6. The quantitative estimate of drug-likeness (QED) is 0.675. The van der Waals surface area contributed by atoms with Gasteiger partial charge in [-0.25, -0.2) is 0 Å². The Hall–Kier alpha value is -2.12. The van der Waals surface area contributed by atoms with Gasteiger partial charge in [0.25, 0.3) is 0 Å². The maximum absolute atomic E-state index is 10.3. The van der Waals surface area contributed by atoms with Crippen LogP contribution in [0.1, 0.15) is 5.56 Å². The highest BCUT2D eigenvalue weighted by molar-refractivity contribution is 5.32. The number of hydrogen-bond acceptors (Lipinski definition) is 6. The summed E-state index contributed by atoms with van der Waals surface area (Å²) >= 11 is 0. The minimum atomic E-state index is -0.526. The van der Waals surface area contributed by atoms with Gasteiger partial charge in [0.2, 0.25) is 0 Å². The van der Waals surface area contributed by atoms with E-state index in [0.29, 0.717) is 33.0 Å². The molecule has 0 saturated carbocycles. The first kappa shape index (κ1) is 20.6. The summed E-state index contributed by atoms with van der Waals surface area (Å²) in [6.07, 6.45) is -0.556. The molecule has 0 aromatic heterocycles. The SMILES string of the molecule is COc1cccc(OC[C@@H]2CN(C[C@@H](O)COCc3ccccc3)CCO2)c1. The molecule has 28 heavy (non-hydrogen) atoms. The van der Waals surface area contributed by atoms with E-state index >= 15 is 0 Å².